The van der Waals surface area contributed by atoms with Crippen molar-refractivity contribution >= 4 is 65.0 Å². The molecule has 4 fully saturated rings. The van der Waals surface area contributed by atoms with E-state index in [-0.39, 0.29) is 30.6 Å². The second kappa shape index (κ2) is 24.1. The first kappa shape index (κ1) is 49.5. The first-order valence-corrected chi connectivity index (χ1v) is 26.0. The van der Waals surface area contributed by atoms with Crippen LogP contribution < -0.4 is 15.5 Å². The van der Waals surface area contributed by atoms with Gasteiger partial charge in [-0.2, -0.15) is 0 Å². The van der Waals surface area contributed by atoms with Gasteiger partial charge in [-0.3, -0.25) is 53.7 Å². The average molecular weight is 960 g/mol. The highest BCUT2D eigenvalue weighted by molar-refractivity contribution is 7.99. The molecule has 0 bridgehead atoms. The molecule has 0 spiro atoms. The van der Waals surface area contributed by atoms with Crippen molar-refractivity contribution in [1.29, 1.82) is 0 Å². The van der Waals surface area contributed by atoms with Crippen LogP contribution >= 0.6 is 11.8 Å². The molecule has 16 nitrogen and oxygen atoms in total. The number of likely N-dealkylation sites (tertiary alicyclic amines) is 1. The highest BCUT2D eigenvalue weighted by Crippen LogP contribution is 2.35. The zero-order chi connectivity index (χ0) is 48.1. The molecule has 1 atom stereocenters. The van der Waals surface area contributed by atoms with Gasteiger partial charge in [-0.1, -0.05) is 37.8 Å². The van der Waals surface area contributed by atoms with Gasteiger partial charge < -0.3 is 20.0 Å². The fourth-order valence-corrected chi connectivity index (χ4v) is 11.3. The minimum atomic E-state index is -0.981. The Balaban J connectivity index is 0.658. The molecule has 0 radical (unpaired) electrons. The topological polar surface area (TPSA) is 186 Å². The minimum Gasteiger partial charge on any atom is -0.357 e. The maximum absolute atomic E-state index is 13.4. The van der Waals surface area contributed by atoms with Crippen LogP contribution in [0.25, 0.3) is 6.08 Å². The number of hydrogen-bond donors (Lipinski definition) is 2. The van der Waals surface area contributed by atoms with Gasteiger partial charge in [-0.25, -0.2) is 4.98 Å². The van der Waals surface area contributed by atoms with Crippen molar-refractivity contribution in [3.05, 3.63) is 89.4 Å². The van der Waals surface area contributed by atoms with Crippen LogP contribution in [-0.4, -0.2) is 148 Å². The molecule has 17 heteroatoms. The van der Waals surface area contributed by atoms with Crippen molar-refractivity contribution in [3.63, 3.8) is 0 Å². The first-order chi connectivity index (χ1) is 33.6. The molecule has 2 N–H and O–H groups in total. The fourth-order valence-electron chi connectivity index (χ4n) is 10.3. The number of rotatable bonds is 19. The molecule has 1 aromatic carbocycles. The summed E-state index contributed by atoms with van der Waals surface area (Å²) >= 11 is 1.53. The summed E-state index contributed by atoms with van der Waals surface area (Å²) in [4.78, 5) is 109. The van der Waals surface area contributed by atoms with Crippen molar-refractivity contribution in [2.75, 3.05) is 69.6 Å². The molecule has 69 heavy (non-hydrogen) atoms. The summed E-state index contributed by atoms with van der Waals surface area (Å²) in [5.41, 5.74) is 2.16. The SMILES string of the molecule is O=C(/C=C/c1cccnc1)NCCCCC1CCN(C(=O)c2ccc(N3CCC(N4CCN(C(=O)CCCCCCSc5cccc6c5C(=O)N(C5CCC(=O)NC5=O)C6=O)CC4)CC3)nc2)CC1. The number of hydrogen-bond acceptors (Lipinski definition) is 12. The fraction of sp³-hybridized carbons (Fsp3) is 0.519. The van der Waals surface area contributed by atoms with E-state index in [0.29, 0.717) is 41.6 Å². The number of benzene rings is 1. The maximum atomic E-state index is 13.4. The predicted molar refractivity (Wildman–Crippen MR) is 263 cm³/mol. The number of aromatic nitrogens is 2. The summed E-state index contributed by atoms with van der Waals surface area (Å²) in [5.74, 6) is 0.451. The first-order valence-electron chi connectivity index (χ1n) is 25.0. The van der Waals surface area contributed by atoms with Gasteiger partial charge in [0.15, 0.2) is 0 Å². The van der Waals surface area contributed by atoms with E-state index in [4.69, 9.17) is 4.98 Å². The molecule has 1 unspecified atom stereocenters. The third kappa shape index (κ3) is 12.8. The summed E-state index contributed by atoms with van der Waals surface area (Å²) in [6.45, 7) is 7.24. The molecule has 5 aliphatic heterocycles. The molecule has 0 saturated carbocycles. The van der Waals surface area contributed by atoms with E-state index in [0.717, 1.165) is 150 Å². The van der Waals surface area contributed by atoms with Gasteiger partial charge >= 0.3 is 0 Å². The van der Waals surface area contributed by atoms with Crippen molar-refractivity contribution in [3.8, 4) is 0 Å². The maximum Gasteiger partial charge on any atom is 0.263 e. The van der Waals surface area contributed by atoms with Crippen LogP contribution in [0.3, 0.4) is 0 Å². The lowest BCUT2D eigenvalue weighted by atomic mass is 9.91. The van der Waals surface area contributed by atoms with Crippen molar-refractivity contribution in [2.45, 2.75) is 107 Å². The molecule has 366 valence electrons. The predicted octanol–water partition coefficient (Wildman–Crippen LogP) is 5.59. The number of amides is 7. The Labute approximate surface area is 409 Å². The number of piperazine rings is 1. The van der Waals surface area contributed by atoms with Crippen molar-refractivity contribution < 1.29 is 33.6 Å². The highest BCUT2D eigenvalue weighted by Gasteiger charge is 2.45. The lowest BCUT2D eigenvalue weighted by Gasteiger charge is -2.43. The summed E-state index contributed by atoms with van der Waals surface area (Å²) < 4.78 is 0. The lowest BCUT2D eigenvalue weighted by molar-refractivity contribution is -0.136. The number of carbonyl (C=O) groups excluding carboxylic acids is 7. The van der Waals surface area contributed by atoms with E-state index in [2.05, 4.69) is 25.4 Å². The normalized spacial score (nSPS) is 19.6. The van der Waals surface area contributed by atoms with Crippen LogP contribution in [0.2, 0.25) is 0 Å². The van der Waals surface area contributed by atoms with E-state index in [1.165, 1.54) is 11.8 Å². The smallest absolute Gasteiger partial charge is 0.263 e. The molecule has 8 rings (SSSR count). The molecular weight excluding hydrogens is 895 g/mol. The average Bonchev–Trinajstić information content (AvgIpc) is 3.64. The number of imide groups is 2. The third-order valence-electron chi connectivity index (χ3n) is 14.3. The standard InChI is InChI=1S/C52H65N9O7S/c62-45(18-14-38-10-8-24-53-35-38)54-25-5-4-9-37-20-26-60(27-21-37)50(66)39-15-17-44(55-36-39)58-28-22-40(23-29-58)57-30-32-59(33-31-57)47(64)13-3-1-2-6-34-69-43-12-7-11-41-48(43)52(68)61(51(41)67)42-16-19-46(63)56-49(42)65/h7-8,10-12,14-15,17-18,24,35-37,40,42H,1-6,9,13,16,19-23,25-34H2,(H,54,62)(H,56,63,65)/b18-14+. The van der Waals surface area contributed by atoms with Crippen LogP contribution in [-0.2, 0) is 19.2 Å². The van der Waals surface area contributed by atoms with Crippen LogP contribution in [0.15, 0.2) is 72.0 Å². The Morgan fingerprint density at radius 2 is 1.57 bits per heavy atom. The second-order valence-electron chi connectivity index (χ2n) is 18.8. The number of piperidine rings is 3. The van der Waals surface area contributed by atoms with Gasteiger partial charge in [0, 0.05) is 107 Å². The van der Waals surface area contributed by atoms with E-state index in [1.54, 1.807) is 42.9 Å². The molecule has 7 amide bonds. The number of nitrogens with one attached hydrogen (secondary N) is 2. The number of unbranched alkanes of at least 4 members (excludes halogenated alkanes) is 4. The van der Waals surface area contributed by atoms with E-state index < -0.39 is 29.7 Å². The summed E-state index contributed by atoms with van der Waals surface area (Å²) in [5, 5.41) is 5.20. The summed E-state index contributed by atoms with van der Waals surface area (Å²) in [6.07, 6.45) is 20.0. The van der Waals surface area contributed by atoms with Crippen LogP contribution in [0.5, 0.6) is 0 Å². The van der Waals surface area contributed by atoms with Crippen LogP contribution in [0.4, 0.5) is 5.82 Å². The zero-order valence-corrected chi connectivity index (χ0v) is 40.3. The summed E-state index contributed by atoms with van der Waals surface area (Å²) in [6, 6.07) is 12.4. The van der Waals surface area contributed by atoms with Gasteiger partial charge in [0.2, 0.25) is 23.6 Å². The Bertz CT molecular complexity index is 2340. The summed E-state index contributed by atoms with van der Waals surface area (Å²) in [7, 11) is 0. The van der Waals surface area contributed by atoms with Crippen molar-refractivity contribution in [1.82, 2.24) is 40.2 Å². The molecular formula is C52H65N9O7S. The van der Waals surface area contributed by atoms with Crippen LogP contribution in [0.1, 0.15) is 127 Å². The van der Waals surface area contributed by atoms with Gasteiger partial charge in [0.1, 0.15) is 11.9 Å². The number of anilines is 1. The zero-order valence-electron chi connectivity index (χ0n) is 39.5. The third-order valence-corrected chi connectivity index (χ3v) is 15.4. The Kier molecular flexibility index (Phi) is 17.3. The molecule has 4 saturated heterocycles. The quantitative estimate of drug-likeness (QED) is 0.0659. The number of thioether (sulfide) groups is 1. The number of carbonyl (C=O) groups is 7. The Morgan fingerprint density at radius 3 is 2.30 bits per heavy atom. The van der Waals surface area contributed by atoms with Gasteiger partial charge in [-0.15, -0.1) is 11.8 Å². The number of pyridine rings is 2. The van der Waals surface area contributed by atoms with E-state index in [9.17, 15) is 33.6 Å². The van der Waals surface area contributed by atoms with Crippen molar-refractivity contribution in [2.24, 2.45) is 5.92 Å². The largest absolute Gasteiger partial charge is 0.357 e. The molecule has 5 aliphatic rings. The molecule has 2 aromatic heterocycles. The van der Waals surface area contributed by atoms with Gasteiger partial charge in [-0.05, 0) is 105 Å². The lowest BCUT2D eigenvalue weighted by Crippen LogP contribution is -2.54. The van der Waals surface area contributed by atoms with E-state index in [1.807, 2.05) is 40.1 Å². The van der Waals surface area contributed by atoms with Gasteiger partial charge in [0.25, 0.3) is 17.7 Å². The van der Waals surface area contributed by atoms with Gasteiger partial charge in [0.05, 0.1) is 16.7 Å². The Morgan fingerprint density at radius 1 is 0.768 bits per heavy atom. The van der Waals surface area contributed by atoms with E-state index >= 15 is 0 Å². The molecule has 3 aromatic rings. The Hall–Kier alpha value is -5.94. The second-order valence-corrected chi connectivity index (χ2v) is 20.0. The number of nitrogens with zero attached hydrogens (tertiary/aromatic N) is 7. The minimum absolute atomic E-state index is 0.0497. The molecule has 0 aliphatic carbocycles. The number of fused-ring (bicyclic) bond motifs is 1. The highest BCUT2D eigenvalue weighted by atomic mass is 32.2. The monoisotopic (exact) mass is 959 g/mol. The molecule has 7 heterocycles. The van der Waals surface area contributed by atoms with Crippen LogP contribution in [0, 0.1) is 5.92 Å².